The molecule has 0 atom stereocenters. The molecule has 23 heavy (non-hydrogen) atoms. The zero-order valence-electron chi connectivity index (χ0n) is 12.0. The van der Waals surface area contributed by atoms with Crippen LogP contribution in [-0.4, -0.2) is 4.98 Å². The second-order valence-electron chi connectivity index (χ2n) is 4.68. The van der Waals surface area contributed by atoms with Gasteiger partial charge in [-0.15, -0.1) is 11.3 Å². The van der Waals surface area contributed by atoms with Gasteiger partial charge < -0.3 is 10.1 Å². The number of hydrogen-bond donors (Lipinski definition) is 1. The van der Waals surface area contributed by atoms with E-state index in [0.29, 0.717) is 22.9 Å². The number of benzene rings is 2. The Bertz CT molecular complexity index is 843. The van der Waals surface area contributed by atoms with Crippen LogP contribution in [0.4, 0.5) is 10.8 Å². The van der Waals surface area contributed by atoms with E-state index in [4.69, 9.17) is 21.6 Å². The topological polar surface area (TPSA) is 57.9 Å². The Labute approximate surface area is 142 Å². The van der Waals surface area contributed by atoms with Crippen LogP contribution in [0.5, 0.6) is 5.75 Å². The van der Waals surface area contributed by atoms with E-state index in [1.807, 2.05) is 41.8 Å². The van der Waals surface area contributed by atoms with Crippen molar-refractivity contribution >= 4 is 33.8 Å². The third kappa shape index (κ3) is 4.01. The van der Waals surface area contributed by atoms with Crippen LogP contribution >= 0.6 is 22.9 Å². The summed E-state index contributed by atoms with van der Waals surface area (Å²) in [5.74, 6) is 0.538. The standard InChI is InChI=1S/C17H12ClN3OS/c18-15-8-12(9-19)6-7-16(15)22-10-14-11-23-17(21-14)20-13-4-2-1-3-5-13/h1-8,11H,10H2,(H,20,21). The number of ether oxygens (including phenoxy) is 1. The van der Waals surface area contributed by atoms with Crippen LogP contribution in [0.2, 0.25) is 5.02 Å². The number of thiazole rings is 1. The molecule has 0 aliphatic carbocycles. The summed E-state index contributed by atoms with van der Waals surface area (Å²) < 4.78 is 5.66. The van der Waals surface area contributed by atoms with E-state index < -0.39 is 0 Å². The molecule has 0 unspecified atom stereocenters. The lowest BCUT2D eigenvalue weighted by Crippen LogP contribution is -1.97. The fourth-order valence-electron chi connectivity index (χ4n) is 1.91. The van der Waals surface area contributed by atoms with Gasteiger partial charge in [0.15, 0.2) is 5.13 Å². The van der Waals surface area contributed by atoms with Crippen LogP contribution < -0.4 is 10.1 Å². The van der Waals surface area contributed by atoms with Crippen LogP contribution in [0.15, 0.2) is 53.9 Å². The number of anilines is 2. The lowest BCUT2D eigenvalue weighted by molar-refractivity contribution is 0.302. The third-order valence-corrected chi connectivity index (χ3v) is 4.12. The maximum Gasteiger partial charge on any atom is 0.187 e. The average molecular weight is 342 g/mol. The quantitative estimate of drug-likeness (QED) is 0.710. The summed E-state index contributed by atoms with van der Waals surface area (Å²) in [5, 5.41) is 15.2. The summed E-state index contributed by atoms with van der Waals surface area (Å²) in [7, 11) is 0. The molecule has 0 saturated heterocycles. The zero-order valence-corrected chi connectivity index (χ0v) is 13.6. The molecule has 2 aromatic carbocycles. The normalized spacial score (nSPS) is 10.1. The molecular formula is C17H12ClN3OS. The Hall–Kier alpha value is -2.55. The van der Waals surface area contributed by atoms with Crippen molar-refractivity contribution in [2.24, 2.45) is 0 Å². The summed E-state index contributed by atoms with van der Waals surface area (Å²) in [6.07, 6.45) is 0. The van der Waals surface area contributed by atoms with Crippen molar-refractivity contribution in [3.8, 4) is 11.8 Å². The first-order valence-corrected chi connectivity index (χ1v) is 8.09. The van der Waals surface area contributed by atoms with E-state index in [0.717, 1.165) is 16.5 Å². The number of aromatic nitrogens is 1. The molecule has 1 N–H and O–H groups in total. The number of hydrogen-bond acceptors (Lipinski definition) is 5. The van der Waals surface area contributed by atoms with Crippen LogP contribution in [0.3, 0.4) is 0 Å². The highest BCUT2D eigenvalue weighted by Crippen LogP contribution is 2.27. The highest BCUT2D eigenvalue weighted by atomic mass is 35.5. The predicted octanol–water partition coefficient (Wildman–Crippen LogP) is 4.99. The minimum absolute atomic E-state index is 0.318. The summed E-state index contributed by atoms with van der Waals surface area (Å²) >= 11 is 7.59. The van der Waals surface area contributed by atoms with Crippen molar-refractivity contribution in [3.05, 3.63) is 70.2 Å². The highest BCUT2D eigenvalue weighted by Gasteiger charge is 2.06. The van der Waals surface area contributed by atoms with Crippen LogP contribution in [0.1, 0.15) is 11.3 Å². The molecule has 0 spiro atoms. The number of rotatable bonds is 5. The van der Waals surface area contributed by atoms with E-state index in [-0.39, 0.29) is 0 Å². The van der Waals surface area contributed by atoms with Gasteiger partial charge >= 0.3 is 0 Å². The second kappa shape index (κ2) is 7.14. The molecule has 1 heterocycles. The Morgan fingerprint density at radius 2 is 2.04 bits per heavy atom. The summed E-state index contributed by atoms with van der Waals surface area (Å²) in [6, 6.07) is 16.8. The second-order valence-corrected chi connectivity index (χ2v) is 5.95. The van der Waals surface area contributed by atoms with Gasteiger partial charge in [-0.25, -0.2) is 4.98 Å². The van der Waals surface area contributed by atoms with Crippen molar-refractivity contribution in [2.45, 2.75) is 6.61 Å². The first kappa shape index (κ1) is 15.3. The molecule has 0 fully saturated rings. The molecular weight excluding hydrogens is 330 g/mol. The smallest absolute Gasteiger partial charge is 0.187 e. The van der Waals surface area contributed by atoms with Gasteiger partial charge in [-0.1, -0.05) is 29.8 Å². The molecule has 1 aromatic heterocycles. The van der Waals surface area contributed by atoms with Crippen LogP contribution in [0, 0.1) is 11.3 Å². The van der Waals surface area contributed by atoms with E-state index >= 15 is 0 Å². The van der Waals surface area contributed by atoms with Gasteiger partial charge in [0.1, 0.15) is 12.4 Å². The van der Waals surface area contributed by atoms with E-state index in [1.54, 1.807) is 18.2 Å². The SMILES string of the molecule is N#Cc1ccc(OCc2csc(Nc3ccccc3)n2)c(Cl)c1. The third-order valence-electron chi connectivity index (χ3n) is 3.01. The molecule has 0 amide bonds. The fourth-order valence-corrected chi connectivity index (χ4v) is 2.87. The molecule has 0 aliphatic rings. The summed E-state index contributed by atoms with van der Waals surface area (Å²) in [5.41, 5.74) is 2.31. The first-order chi connectivity index (χ1) is 11.2. The molecule has 4 nitrogen and oxygen atoms in total. The van der Waals surface area contributed by atoms with E-state index in [9.17, 15) is 0 Å². The van der Waals surface area contributed by atoms with Crippen LogP contribution in [0.25, 0.3) is 0 Å². The van der Waals surface area contributed by atoms with Crippen molar-refractivity contribution < 1.29 is 4.74 Å². The van der Waals surface area contributed by atoms with Gasteiger partial charge in [-0.2, -0.15) is 5.26 Å². The Morgan fingerprint density at radius 1 is 1.22 bits per heavy atom. The van der Waals surface area contributed by atoms with Crippen molar-refractivity contribution in [3.63, 3.8) is 0 Å². The minimum Gasteiger partial charge on any atom is -0.486 e. The highest BCUT2D eigenvalue weighted by molar-refractivity contribution is 7.13. The number of nitriles is 1. The maximum absolute atomic E-state index is 8.82. The van der Waals surface area contributed by atoms with Gasteiger partial charge in [-0.3, -0.25) is 0 Å². The average Bonchev–Trinajstić information content (AvgIpc) is 3.02. The Balaban J connectivity index is 1.62. The first-order valence-electron chi connectivity index (χ1n) is 6.83. The number of halogens is 1. The number of nitrogens with zero attached hydrogens (tertiary/aromatic N) is 2. The summed E-state index contributed by atoms with van der Waals surface area (Å²) in [6.45, 7) is 0.318. The van der Waals surface area contributed by atoms with E-state index in [1.165, 1.54) is 11.3 Å². The minimum atomic E-state index is 0.318. The van der Waals surface area contributed by atoms with Gasteiger partial charge in [-0.05, 0) is 30.3 Å². The summed E-state index contributed by atoms with van der Waals surface area (Å²) in [4.78, 5) is 4.47. The fraction of sp³-hybridized carbons (Fsp3) is 0.0588. The Morgan fingerprint density at radius 3 is 2.78 bits per heavy atom. The van der Waals surface area contributed by atoms with E-state index in [2.05, 4.69) is 10.3 Å². The monoisotopic (exact) mass is 341 g/mol. The molecule has 6 heteroatoms. The lowest BCUT2D eigenvalue weighted by atomic mass is 10.2. The molecule has 3 aromatic rings. The predicted molar refractivity (Wildman–Crippen MR) is 92.3 cm³/mol. The number of nitrogens with one attached hydrogen (secondary N) is 1. The molecule has 3 rings (SSSR count). The lowest BCUT2D eigenvalue weighted by Gasteiger charge is -2.06. The Kier molecular flexibility index (Phi) is 4.77. The van der Waals surface area contributed by atoms with Crippen molar-refractivity contribution in [1.29, 1.82) is 5.26 Å². The zero-order chi connectivity index (χ0) is 16.1. The number of para-hydroxylation sites is 1. The largest absolute Gasteiger partial charge is 0.486 e. The maximum atomic E-state index is 8.82. The van der Waals surface area contributed by atoms with Gasteiger partial charge in [0, 0.05) is 11.1 Å². The molecule has 0 radical (unpaired) electrons. The molecule has 0 saturated carbocycles. The van der Waals surface area contributed by atoms with Crippen molar-refractivity contribution in [2.75, 3.05) is 5.32 Å². The molecule has 114 valence electrons. The van der Waals surface area contributed by atoms with Crippen LogP contribution in [-0.2, 0) is 6.61 Å². The van der Waals surface area contributed by atoms with Crippen molar-refractivity contribution in [1.82, 2.24) is 4.98 Å². The molecule has 0 bridgehead atoms. The van der Waals surface area contributed by atoms with Gasteiger partial charge in [0.05, 0.1) is 22.3 Å². The van der Waals surface area contributed by atoms with Gasteiger partial charge in [0.2, 0.25) is 0 Å². The molecule has 0 aliphatic heterocycles. The van der Waals surface area contributed by atoms with Gasteiger partial charge in [0.25, 0.3) is 0 Å².